The average Bonchev–Trinajstić information content (AvgIpc) is 2.19. The standard InChI is InChI=1S/C10H16BrN3O/c1-4-7(6(2)3)13-8-5-12-14-10(15)9(8)11/h5-7H,4H2,1-3H3,(H2,13,14,15). The summed E-state index contributed by atoms with van der Waals surface area (Å²) in [7, 11) is 0. The van der Waals surface area contributed by atoms with Crippen LogP contribution in [0, 0.1) is 5.92 Å². The van der Waals surface area contributed by atoms with E-state index in [4.69, 9.17) is 0 Å². The molecule has 0 saturated carbocycles. The second kappa shape index (κ2) is 5.30. The number of nitrogens with one attached hydrogen (secondary N) is 2. The number of halogens is 1. The molecule has 84 valence electrons. The molecule has 0 amide bonds. The van der Waals surface area contributed by atoms with E-state index < -0.39 is 0 Å². The van der Waals surface area contributed by atoms with E-state index in [2.05, 4.69) is 52.2 Å². The third-order valence-electron chi connectivity index (χ3n) is 2.38. The second-order valence-corrected chi connectivity index (χ2v) is 4.62. The second-order valence-electron chi connectivity index (χ2n) is 3.83. The molecule has 1 aromatic rings. The number of nitrogens with zero attached hydrogens (tertiary/aromatic N) is 1. The number of hydrogen-bond donors (Lipinski definition) is 2. The molecule has 1 aromatic heterocycles. The van der Waals surface area contributed by atoms with Crippen LogP contribution < -0.4 is 10.9 Å². The Labute approximate surface area is 97.6 Å². The Morgan fingerprint density at radius 3 is 2.80 bits per heavy atom. The van der Waals surface area contributed by atoms with E-state index in [1.807, 2.05) is 0 Å². The minimum atomic E-state index is -0.210. The van der Waals surface area contributed by atoms with Gasteiger partial charge in [0.15, 0.2) is 0 Å². The largest absolute Gasteiger partial charge is 0.380 e. The van der Waals surface area contributed by atoms with Gasteiger partial charge in [-0.1, -0.05) is 20.8 Å². The molecule has 0 aliphatic heterocycles. The van der Waals surface area contributed by atoms with Gasteiger partial charge in [0.1, 0.15) is 4.47 Å². The molecule has 1 heterocycles. The predicted molar refractivity (Wildman–Crippen MR) is 65.1 cm³/mol. The molecule has 0 aliphatic carbocycles. The molecule has 0 saturated heterocycles. The van der Waals surface area contributed by atoms with E-state index in [9.17, 15) is 4.79 Å². The summed E-state index contributed by atoms with van der Waals surface area (Å²) in [4.78, 5) is 11.3. The van der Waals surface area contributed by atoms with Crippen LogP contribution in [0.25, 0.3) is 0 Å². The Morgan fingerprint density at radius 1 is 1.60 bits per heavy atom. The molecule has 0 radical (unpaired) electrons. The monoisotopic (exact) mass is 273 g/mol. The minimum absolute atomic E-state index is 0.210. The van der Waals surface area contributed by atoms with Crippen LogP contribution in [-0.2, 0) is 0 Å². The summed E-state index contributed by atoms with van der Waals surface area (Å²) in [5.74, 6) is 0.515. The third kappa shape index (κ3) is 3.06. The number of aromatic amines is 1. The van der Waals surface area contributed by atoms with Crippen LogP contribution in [0.5, 0.6) is 0 Å². The van der Waals surface area contributed by atoms with Gasteiger partial charge in [0.05, 0.1) is 11.9 Å². The summed E-state index contributed by atoms with van der Waals surface area (Å²) in [6.45, 7) is 6.41. The van der Waals surface area contributed by atoms with E-state index in [0.717, 1.165) is 12.1 Å². The Balaban J connectivity index is 2.88. The molecule has 0 bridgehead atoms. The number of anilines is 1. The van der Waals surface area contributed by atoms with Crippen molar-refractivity contribution in [3.63, 3.8) is 0 Å². The summed E-state index contributed by atoms with van der Waals surface area (Å²) in [5.41, 5.74) is 0.540. The third-order valence-corrected chi connectivity index (χ3v) is 3.17. The summed E-state index contributed by atoms with van der Waals surface area (Å²) in [6, 6.07) is 0.352. The van der Waals surface area contributed by atoms with Crippen molar-refractivity contribution < 1.29 is 0 Å². The Hall–Kier alpha value is -0.840. The van der Waals surface area contributed by atoms with Gasteiger partial charge < -0.3 is 5.32 Å². The van der Waals surface area contributed by atoms with Gasteiger partial charge in [0, 0.05) is 6.04 Å². The van der Waals surface area contributed by atoms with Crippen molar-refractivity contribution in [2.75, 3.05) is 5.32 Å². The number of hydrogen-bond acceptors (Lipinski definition) is 3. The zero-order valence-corrected chi connectivity index (χ0v) is 10.8. The molecule has 0 aromatic carbocycles. The molecule has 2 N–H and O–H groups in total. The summed E-state index contributed by atoms with van der Waals surface area (Å²) < 4.78 is 0.511. The summed E-state index contributed by atoms with van der Waals surface area (Å²) in [5, 5.41) is 9.44. The van der Waals surface area contributed by atoms with Crippen molar-refractivity contribution in [3.8, 4) is 0 Å². The minimum Gasteiger partial charge on any atom is -0.380 e. The maximum atomic E-state index is 11.3. The van der Waals surface area contributed by atoms with Gasteiger partial charge in [0.2, 0.25) is 0 Å². The lowest BCUT2D eigenvalue weighted by Crippen LogP contribution is -2.26. The molecule has 1 unspecified atom stereocenters. The highest BCUT2D eigenvalue weighted by molar-refractivity contribution is 9.10. The van der Waals surface area contributed by atoms with E-state index in [0.29, 0.717) is 16.4 Å². The normalized spacial score (nSPS) is 12.9. The van der Waals surface area contributed by atoms with Crippen LogP contribution in [0.4, 0.5) is 5.69 Å². The number of H-pyrrole nitrogens is 1. The highest BCUT2D eigenvalue weighted by atomic mass is 79.9. The number of aromatic nitrogens is 2. The predicted octanol–water partition coefficient (Wildman–Crippen LogP) is 2.38. The molecule has 4 nitrogen and oxygen atoms in total. The van der Waals surface area contributed by atoms with E-state index >= 15 is 0 Å². The van der Waals surface area contributed by atoms with Crippen LogP contribution in [0.2, 0.25) is 0 Å². The van der Waals surface area contributed by atoms with Gasteiger partial charge in [0.25, 0.3) is 5.56 Å². The van der Waals surface area contributed by atoms with Gasteiger partial charge >= 0.3 is 0 Å². The van der Waals surface area contributed by atoms with Gasteiger partial charge in [-0.05, 0) is 28.3 Å². The van der Waals surface area contributed by atoms with E-state index in [1.165, 1.54) is 0 Å². The molecular formula is C10H16BrN3O. The Bertz CT molecular complexity index is 375. The molecule has 1 rings (SSSR count). The van der Waals surface area contributed by atoms with Crippen LogP contribution >= 0.6 is 15.9 Å². The SMILES string of the molecule is CCC(Nc1cn[nH]c(=O)c1Br)C(C)C. The quantitative estimate of drug-likeness (QED) is 0.886. The lowest BCUT2D eigenvalue weighted by molar-refractivity contribution is 0.510. The number of rotatable bonds is 4. The lowest BCUT2D eigenvalue weighted by atomic mass is 10.0. The van der Waals surface area contributed by atoms with Gasteiger partial charge in [-0.2, -0.15) is 5.10 Å². The molecule has 15 heavy (non-hydrogen) atoms. The van der Waals surface area contributed by atoms with Crippen LogP contribution in [0.1, 0.15) is 27.2 Å². The molecule has 5 heteroatoms. The first-order chi connectivity index (χ1) is 7.06. The van der Waals surface area contributed by atoms with Crippen molar-refractivity contribution in [1.29, 1.82) is 0 Å². The molecule has 0 spiro atoms. The van der Waals surface area contributed by atoms with Crippen LogP contribution in [-0.4, -0.2) is 16.2 Å². The first-order valence-electron chi connectivity index (χ1n) is 5.06. The summed E-state index contributed by atoms with van der Waals surface area (Å²) >= 11 is 3.24. The van der Waals surface area contributed by atoms with E-state index in [-0.39, 0.29) is 5.56 Å². The maximum absolute atomic E-state index is 11.3. The van der Waals surface area contributed by atoms with Crippen molar-refractivity contribution in [2.45, 2.75) is 33.2 Å². The van der Waals surface area contributed by atoms with Crippen molar-refractivity contribution in [1.82, 2.24) is 10.2 Å². The zero-order chi connectivity index (χ0) is 11.4. The van der Waals surface area contributed by atoms with Crippen molar-refractivity contribution in [2.24, 2.45) is 5.92 Å². The van der Waals surface area contributed by atoms with Gasteiger partial charge in [-0.3, -0.25) is 4.79 Å². The molecular weight excluding hydrogens is 258 g/mol. The first-order valence-corrected chi connectivity index (χ1v) is 5.85. The Kier molecular flexibility index (Phi) is 4.32. The van der Waals surface area contributed by atoms with Gasteiger partial charge in [-0.15, -0.1) is 0 Å². The van der Waals surface area contributed by atoms with Crippen LogP contribution in [0.15, 0.2) is 15.5 Å². The fraction of sp³-hybridized carbons (Fsp3) is 0.600. The Morgan fingerprint density at radius 2 is 2.27 bits per heavy atom. The highest BCUT2D eigenvalue weighted by Gasteiger charge is 2.13. The zero-order valence-electron chi connectivity index (χ0n) is 9.17. The average molecular weight is 274 g/mol. The van der Waals surface area contributed by atoms with Crippen molar-refractivity contribution in [3.05, 3.63) is 21.0 Å². The maximum Gasteiger partial charge on any atom is 0.280 e. The summed E-state index contributed by atoms with van der Waals surface area (Å²) in [6.07, 6.45) is 2.63. The van der Waals surface area contributed by atoms with Gasteiger partial charge in [-0.25, -0.2) is 5.10 Å². The molecule has 0 fully saturated rings. The fourth-order valence-electron chi connectivity index (χ4n) is 1.42. The molecule has 0 aliphatic rings. The van der Waals surface area contributed by atoms with Crippen LogP contribution in [0.3, 0.4) is 0 Å². The van der Waals surface area contributed by atoms with E-state index in [1.54, 1.807) is 6.20 Å². The lowest BCUT2D eigenvalue weighted by Gasteiger charge is -2.22. The fourth-order valence-corrected chi connectivity index (χ4v) is 1.73. The molecule has 1 atom stereocenters. The topological polar surface area (TPSA) is 57.8 Å². The van der Waals surface area contributed by atoms with Crippen molar-refractivity contribution >= 4 is 21.6 Å². The smallest absolute Gasteiger partial charge is 0.280 e. The highest BCUT2D eigenvalue weighted by Crippen LogP contribution is 2.19. The first kappa shape index (κ1) is 12.2.